The number of aromatic hydroxyl groups is 1. The average Bonchev–Trinajstić information content (AvgIpc) is 3.02. The standard InChI is InChI=1S/C26H33FN4O6/c1-15-13-16(7-9-17(15)27)8-10-19(32)20-21(33)23(34)31-14-26(2,37-6)12-11-18(22(31)28-20)30(5)25(36)24(35)29(3)4/h7,9,13,18,33H,8,10-12,14H2,1-6H3/t18-,26-/m1/s1. The number of benzene rings is 1. The van der Waals surface area contributed by atoms with Crippen molar-refractivity contribution in [3.63, 3.8) is 0 Å². The number of methoxy groups -OCH3 is 1. The second-order valence-corrected chi connectivity index (χ2v) is 9.89. The number of ether oxygens (including phenoxy) is 1. The molecule has 0 saturated heterocycles. The molecule has 0 aliphatic carbocycles. The van der Waals surface area contributed by atoms with Gasteiger partial charge in [0.25, 0.3) is 5.56 Å². The van der Waals surface area contributed by atoms with E-state index in [0.717, 1.165) is 10.5 Å². The molecule has 1 aliphatic heterocycles. The molecule has 1 N–H and O–H groups in total. The fourth-order valence-corrected chi connectivity index (χ4v) is 4.40. The number of fused-ring (bicyclic) bond motifs is 1. The maximum Gasteiger partial charge on any atom is 0.312 e. The number of ketones is 1. The Balaban J connectivity index is 2.04. The summed E-state index contributed by atoms with van der Waals surface area (Å²) in [5.74, 6) is -3.18. The van der Waals surface area contributed by atoms with E-state index in [9.17, 15) is 28.7 Å². The van der Waals surface area contributed by atoms with E-state index >= 15 is 0 Å². The number of carbonyl (C=O) groups is 3. The van der Waals surface area contributed by atoms with Crippen LogP contribution >= 0.6 is 0 Å². The zero-order chi connectivity index (χ0) is 27.7. The van der Waals surface area contributed by atoms with Gasteiger partial charge < -0.3 is 19.6 Å². The largest absolute Gasteiger partial charge is 0.501 e. The lowest BCUT2D eigenvalue weighted by molar-refractivity contribution is -0.151. The zero-order valence-corrected chi connectivity index (χ0v) is 22.0. The summed E-state index contributed by atoms with van der Waals surface area (Å²) in [7, 11) is 5.85. The molecule has 11 heteroatoms. The number of carbonyl (C=O) groups excluding carboxylic acids is 3. The molecule has 0 fully saturated rings. The van der Waals surface area contributed by atoms with Crippen LogP contribution in [0, 0.1) is 12.7 Å². The quantitative estimate of drug-likeness (QED) is 0.460. The van der Waals surface area contributed by atoms with Crippen molar-refractivity contribution >= 4 is 17.6 Å². The molecule has 1 aromatic carbocycles. The van der Waals surface area contributed by atoms with E-state index in [-0.39, 0.29) is 31.0 Å². The Morgan fingerprint density at radius 3 is 2.51 bits per heavy atom. The van der Waals surface area contributed by atoms with Crippen molar-refractivity contribution in [1.29, 1.82) is 0 Å². The van der Waals surface area contributed by atoms with Crippen LogP contribution in [-0.2, 0) is 27.3 Å². The van der Waals surface area contributed by atoms with Crippen LogP contribution in [0.25, 0.3) is 0 Å². The van der Waals surface area contributed by atoms with Gasteiger partial charge >= 0.3 is 11.8 Å². The highest BCUT2D eigenvalue weighted by Gasteiger charge is 2.39. The molecule has 2 aromatic rings. The summed E-state index contributed by atoms with van der Waals surface area (Å²) < 4.78 is 20.4. The second kappa shape index (κ2) is 10.8. The first kappa shape index (κ1) is 28.0. The topological polar surface area (TPSA) is 122 Å². The maximum absolute atomic E-state index is 13.6. The maximum atomic E-state index is 13.6. The monoisotopic (exact) mass is 516 g/mol. The Hall–Kier alpha value is -3.60. The molecule has 2 heterocycles. The minimum Gasteiger partial charge on any atom is -0.501 e. The molecule has 2 atom stereocenters. The van der Waals surface area contributed by atoms with Crippen LogP contribution in [-0.4, -0.2) is 75.9 Å². The van der Waals surface area contributed by atoms with Crippen molar-refractivity contribution < 1.29 is 28.6 Å². The lowest BCUT2D eigenvalue weighted by Crippen LogP contribution is -2.43. The van der Waals surface area contributed by atoms with Gasteiger partial charge in [0, 0.05) is 34.7 Å². The van der Waals surface area contributed by atoms with E-state index in [1.807, 2.05) is 0 Å². The lowest BCUT2D eigenvalue weighted by atomic mass is 9.98. The summed E-state index contributed by atoms with van der Waals surface area (Å²) in [6, 6.07) is 3.69. The number of hydrogen-bond donors (Lipinski definition) is 1. The smallest absolute Gasteiger partial charge is 0.312 e. The number of nitrogens with zero attached hydrogens (tertiary/aromatic N) is 4. The molecule has 1 aliphatic rings. The van der Waals surface area contributed by atoms with Gasteiger partial charge in [0.15, 0.2) is 11.5 Å². The summed E-state index contributed by atoms with van der Waals surface area (Å²) in [6.45, 7) is 3.44. The molecule has 2 amide bonds. The molecule has 37 heavy (non-hydrogen) atoms. The van der Waals surface area contributed by atoms with Gasteiger partial charge in [-0.2, -0.15) is 0 Å². The van der Waals surface area contributed by atoms with Crippen LogP contribution in [0.3, 0.4) is 0 Å². The Morgan fingerprint density at radius 2 is 1.92 bits per heavy atom. The number of amides is 2. The minimum atomic E-state index is -0.832. The predicted molar refractivity (Wildman–Crippen MR) is 133 cm³/mol. The highest BCUT2D eigenvalue weighted by molar-refractivity contribution is 6.34. The second-order valence-electron chi connectivity index (χ2n) is 9.89. The molecule has 10 nitrogen and oxygen atoms in total. The van der Waals surface area contributed by atoms with E-state index in [0.29, 0.717) is 18.4 Å². The lowest BCUT2D eigenvalue weighted by Gasteiger charge is -2.28. The van der Waals surface area contributed by atoms with Crippen LogP contribution in [0.2, 0.25) is 0 Å². The molecule has 1 aromatic heterocycles. The van der Waals surface area contributed by atoms with Crippen LogP contribution in [0.5, 0.6) is 5.75 Å². The molecular formula is C26H33FN4O6. The van der Waals surface area contributed by atoms with Crippen molar-refractivity contribution in [1.82, 2.24) is 19.4 Å². The van der Waals surface area contributed by atoms with Crippen LogP contribution in [0.15, 0.2) is 23.0 Å². The van der Waals surface area contributed by atoms with Crippen molar-refractivity contribution in [2.24, 2.45) is 0 Å². The van der Waals surface area contributed by atoms with Crippen LogP contribution in [0.1, 0.15) is 59.7 Å². The van der Waals surface area contributed by atoms with Crippen LogP contribution in [0.4, 0.5) is 4.39 Å². The molecular weight excluding hydrogens is 483 g/mol. The van der Waals surface area contributed by atoms with Gasteiger partial charge in [-0.15, -0.1) is 0 Å². The first-order chi connectivity index (χ1) is 17.3. The van der Waals surface area contributed by atoms with Gasteiger partial charge in [-0.1, -0.05) is 12.1 Å². The van der Waals surface area contributed by atoms with E-state index in [2.05, 4.69) is 4.98 Å². The van der Waals surface area contributed by atoms with Crippen molar-refractivity contribution in [3.8, 4) is 5.75 Å². The number of rotatable bonds is 6. The molecule has 0 bridgehead atoms. The summed E-state index contributed by atoms with van der Waals surface area (Å²) in [6.07, 6.45) is 0.884. The number of likely N-dealkylation sites (N-methyl/N-ethyl adjacent to an activating group) is 2. The number of Topliss-reactive ketones (excluding diaryl/α,β-unsaturated/α-hetero) is 1. The van der Waals surface area contributed by atoms with Crippen LogP contribution < -0.4 is 5.56 Å². The highest BCUT2D eigenvalue weighted by atomic mass is 19.1. The Kier molecular flexibility index (Phi) is 8.16. The average molecular weight is 517 g/mol. The molecule has 0 radical (unpaired) electrons. The van der Waals surface area contributed by atoms with Gasteiger partial charge in [-0.05, 0) is 50.3 Å². The van der Waals surface area contributed by atoms with E-state index < -0.39 is 46.2 Å². The van der Waals surface area contributed by atoms with E-state index in [1.165, 1.54) is 43.8 Å². The van der Waals surface area contributed by atoms with Crippen molar-refractivity contribution in [3.05, 3.63) is 57.0 Å². The summed E-state index contributed by atoms with van der Waals surface area (Å²) >= 11 is 0. The Labute approximate surface area is 214 Å². The third kappa shape index (κ3) is 5.71. The number of hydrogen-bond acceptors (Lipinski definition) is 7. The summed E-state index contributed by atoms with van der Waals surface area (Å²) in [4.78, 5) is 58.4. The third-order valence-corrected chi connectivity index (χ3v) is 6.91. The summed E-state index contributed by atoms with van der Waals surface area (Å²) in [5.41, 5.74) is -0.886. The van der Waals surface area contributed by atoms with Gasteiger partial charge in [0.05, 0.1) is 18.2 Å². The molecule has 0 unspecified atom stereocenters. The van der Waals surface area contributed by atoms with Gasteiger partial charge in [0.2, 0.25) is 5.75 Å². The molecule has 0 spiro atoms. The fourth-order valence-electron chi connectivity index (χ4n) is 4.40. The first-order valence-electron chi connectivity index (χ1n) is 11.9. The number of aromatic nitrogens is 2. The van der Waals surface area contributed by atoms with E-state index in [1.54, 1.807) is 26.0 Å². The number of aryl methyl sites for hydroxylation is 2. The first-order valence-corrected chi connectivity index (χ1v) is 11.9. The van der Waals surface area contributed by atoms with E-state index in [4.69, 9.17) is 4.74 Å². The molecule has 0 saturated carbocycles. The van der Waals surface area contributed by atoms with Crippen molar-refractivity contribution in [2.45, 2.75) is 57.7 Å². The van der Waals surface area contributed by atoms with Gasteiger partial charge in [0.1, 0.15) is 11.6 Å². The molecule has 200 valence electrons. The predicted octanol–water partition coefficient (Wildman–Crippen LogP) is 2.00. The Bertz CT molecular complexity index is 1290. The molecule has 3 rings (SSSR count). The number of halogens is 1. The zero-order valence-electron chi connectivity index (χ0n) is 22.0. The fraction of sp³-hybridized carbons (Fsp3) is 0.500. The highest BCUT2D eigenvalue weighted by Crippen LogP contribution is 2.34. The van der Waals surface area contributed by atoms with Gasteiger partial charge in [-0.3, -0.25) is 23.7 Å². The van der Waals surface area contributed by atoms with Crippen molar-refractivity contribution in [2.75, 3.05) is 28.3 Å². The Morgan fingerprint density at radius 1 is 1.24 bits per heavy atom. The SMILES string of the molecule is CO[C@]1(C)CC[C@@H](N(C)C(=O)C(=O)N(C)C)c2nc(C(=O)CCc3ccc(F)c(C)c3)c(O)c(=O)n2C1. The third-order valence-electron chi connectivity index (χ3n) is 6.91. The van der Waals surface area contributed by atoms with Gasteiger partial charge in [-0.25, -0.2) is 9.37 Å². The summed E-state index contributed by atoms with van der Waals surface area (Å²) in [5, 5.41) is 10.7. The normalized spacial score (nSPS) is 19.1. The minimum absolute atomic E-state index is 0.0295.